The van der Waals surface area contributed by atoms with Crippen molar-refractivity contribution >= 4 is 5.69 Å². The molecule has 0 amide bonds. The molecule has 1 fully saturated rings. The Balaban J connectivity index is 1.91. The molecule has 0 unspecified atom stereocenters. The van der Waals surface area contributed by atoms with Gasteiger partial charge in [0.05, 0.1) is 13.2 Å². The average molecular weight is 189 g/mol. The summed E-state index contributed by atoms with van der Waals surface area (Å²) >= 11 is 0. The number of ether oxygens (including phenoxy) is 1. The normalized spacial score (nSPS) is 20.1. The monoisotopic (exact) mass is 189 g/mol. The zero-order valence-electron chi connectivity index (χ0n) is 8.33. The summed E-state index contributed by atoms with van der Waals surface area (Å²) in [4.78, 5) is 2.47. The molecule has 2 aliphatic heterocycles. The molecule has 0 aromatic heterocycles. The second-order valence-electron chi connectivity index (χ2n) is 4.14. The summed E-state index contributed by atoms with van der Waals surface area (Å²) in [5, 5.41) is 0. The maximum atomic E-state index is 5.41. The summed E-state index contributed by atoms with van der Waals surface area (Å²) < 4.78 is 5.41. The van der Waals surface area contributed by atoms with Crippen molar-refractivity contribution in [2.75, 3.05) is 18.0 Å². The first-order valence-electron chi connectivity index (χ1n) is 5.38. The summed E-state index contributed by atoms with van der Waals surface area (Å²) in [6.45, 7) is 4.05. The highest BCUT2D eigenvalue weighted by molar-refractivity contribution is 5.52. The molecule has 0 saturated carbocycles. The first-order valence-corrected chi connectivity index (χ1v) is 5.38. The molecule has 2 heterocycles. The van der Waals surface area contributed by atoms with Crippen LogP contribution in [-0.4, -0.2) is 13.1 Å². The van der Waals surface area contributed by atoms with E-state index in [-0.39, 0.29) is 0 Å². The topological polar surface area (TPSA) is 12.5 Å². The van der Waals surface area contributed by atoms with Crippen LogP contribution in [0.1, 0.15) is 24.0 Å². The van der Waals surface area contributed by atoms with Gasteiger partial charge in [-0.15, -0.1) is 0 Å². The number of benzene rings is 1. The fourth-order valence-electron chi connectivity index (χ4n) is 2.33. The molecular weight excluding hydrogens is 174 g/mol. The van der Waals surface area contributed by atoms with Crippen molar-refractivity contribution < 1.29 is 4.74 Å². The quantitative estimate of drug-likeness (QED) is 0.672. The molecule has 0 atom stereocenters. The lowest BCUT2D eigenvalue weighted by Gasteiger charge is -2.18. The molecule has 3 rings (SSSR count). The molecule has 14 heavy (non-hydrogen) atoms. The zero-order valence-corrected chi connectivity index (χ0v) is 8.33. The fraction of sp³-hybridized carbons (Fsp3) is 0.500. The molecule has 0 bridgehead atoms. The van der Waals surface area contributed by atoms with E-state index in [0.717, 1.165) is 13.2 Å². The molecule has 0 spiro atoms. The fourth-order valence-corrected chi connectivity index (χ4v) is 2.33. The Hall–Kier alpha value is -1.02. The molecule has 2 heteroatoms. The van der Waals surface area contributed by atoms with Gasteiger partial charge in [-0.05, 0) is 36.1 Å². The molecule has 1 aromatic carbocycles. The van der Waals surface area contributed by atoms with Crippen molar-refractivity contribution in [3.05, 3.63) is 29.3 Å². The molecule has 1 aromatic rings. The number of anilines is 1. The van der Waals surface area contributed by atoms with Crippen molar-refractivity contribution in [1.82, 2.24) is 0 Å². The molecular formula is C12H15NO. The molecule has 2 aliphatic rings. The van der Waals surface area contributed by atoms with Crippen LogP contribution in [0.3, 0.4) is 0 Å². The highest BCUT2D eigenvalue weighted by Gasteiger charge is 2.16. The van der Waals surface area contributed by atoms with Crippen molar-refractivity contribution in [1.29, 1.82) is 0 Å². The van der Waals surface area contributed by atoms with Crippen LogP contribution in [0, 0.1) is 0 Å². The minimum absolute atomic E-state index is 0.801. The predicted octanol–water partition coefficient (Wildman–Crippen LogP) is 2.32. The van der Waals surface area contributed by atoms with E-state index < -0.39 is 0 Å². The Morgan fingerprint density at radius 2 is 1.79 bits per heavy atom. The minimum atomic E-state index is 0.801. The Morgan fingerprint density at radius 1 is 1.00 bits per heavy atom. The van der Waals surface area contributed by atoms with Gasteiger partial charge in [0.15, 0.2) is 0 Å². The van der Waals surface area contributed by atoms with Crippen LogP contribution in [-0.2, 0) is 18.0 Å². The van der Waals surface area contributed by atoms with Crippen molar-refractivity contribution in [3.8, 4) is 0 Å². The van der Waals surface area contributed by atoms with Gasteiger partial charge < -0.3 is 9.64 Å². The summed E-state index contributed by atoms with van der Waals surface area (Å²) in [6.07, 6.45) is 2.68. The van der Waals surface area contributed by atoms with Gasteiger partial charge in [0.1, 0.15) is 0 Å². The van der Waals surface area contributed by atoms with E-state index in [1.807, 2.05) is 0 Å². The van der Waals surface area contributed by atoms with Gasteiger partial charge >= 0.3 is 0 Å². The Kier molecular flexibility index (Phi) is 1.95. The number of rotatable bonds is 1. The molecule has 2 nitrogen and oxygen atoms in total. The Bertz CT molecular complexity index is 342. The van der Waals surface area contributed by atoms with E-state index in [1.165, 1.54) is 42.7 Å². The maximum Gasteiger partial charge on any atom is 0.0725 e. The third-order valence-electron chi connectivity index (χ3n) is 3.18. The number of hydrogen-bond donors (Lipinski definition) is 0. The summed E-state index contributed by atoms with van der Waals surface area (Å²) in [6, 6.07) is 6.75. The van der Waals surface area contributed by atoms with Crippen molar-refractivity contribution in [3.63, 3.8) is 0 Å². The van der Waals surface area contributed by atoms with Crippen LogP contribution in [0.5, 0.6) is 0 Å². The van der Waals surface area contributed by atoms with Crippen molar-refractivity contribution in [2.24, 2.45) is 0 Å². The number of nitrogens with zero attached hydrogens (tertiary/aromatic N) is 1. The van der Waals surface area contributed by atoms with Crippen molar-refractivity contribution in [2.45, 2.75) is 26.1 Å². The van der Waals surface area contributed by atoms with Gasteiger partial charge in [0, 0.05) is 18.8 Å². The minimum Gasteiger partial charge on any atom is -0.372 e. The van der Waals surface area contributed by atoms with Crippen LogP contribution in [0.4, 0.5) is 5.69 Å². The summed E-state index contributed by atoms with van der Waals surface area (Å²) in [7, 11) is 0. The molecule has 0 N–H and O–H groups in total. The molecule has 74 valence electrons. The van der Waals surface area contributed by atoms with E-state index in [9.17, 15) is 0 Å². The van der Waals surface area contributed by atoms with Gasteiger partial charge in [-0.1, -0.05) is 6.07 Å². The van der Waals surface area contributed by atoms with Gasteiger partial charge in [-0.25, -0.2) is 0 Å². The molecule has 1 saturated heterocycles. The zero-order chi connectivity index (χ0) is 9.38. The van der Waals surface area contributed by atoms with E-state index in [4.69, 9.17) is 4.74 Å². The van der Waals surface area contributed by atoms with Crippen LogP contribution in [0.15, 0.2) is 18.2 Å². The standard InChI is InChI=1S/C12H15NO/c1-2-6-13(5-1)12-4-3-10-8-14-9-11(10)7-12/h3-4,7H,1-2,5-6,8-9H2. The van der Waals surface area contributed by atoms with Gasteiger partial charge in [-0.3, -0.25) is 0 Å². The number of hydrogen-bond acceptors (Lipinski definition) is 2. The molecule has 0 radical (unpaired) electrons. The number of fused-ring (bicyclic) bond motifs is 1. The first kappa shape index (κ1) is 8.30. The lowest BCUT2D eigenvalue weighted by Crippen LogP contribution is -2.17. The summed E-state index contributed by atoms with van der Waals surface area (Å²) in [5.74, 6) is 0. The van der Waals surface area contributed by atoms with Crippen LogP contribution < -0.4 is 4.90 Å². The lowest BCUT2D eigenvalue weighted by atomic mass is 10.1. The lowest BCUT2D eigenvalue weighted by molar-refractivity contribution is 0.134. The van der Waals surface area contributed by atoms with Crippen LogP contribution >= 0.6 is 0 Å². The average Bonchev–Trinajstić information content (AvgIpc) is 2.88. The smallest absolute Gasteiger partial charge is 0.0725 e. The maximum absolute atomic E-state index is 5.41. The second kappa shape index (κ2) is 3.28. The largest absolute Gasteiger partial charge is 0.372 e. The predicted molar refractivity (Wildman–Crippen MR) is 56.4 cm³/mol. The van der Waals surface area contributed by atoms with E-state index >= 15 is 0 Å². The van der Waals surface area contributed by atoms with E-state index in [0.29, 0.717) is 0 Å². The second-order valence-corrected chi connectivity index (χ2v) is 4.14. The Labute approximate surface area is 84.5 Å². The highest BCUT2D eigenvalue weighted by atomic mass is 16.5. The Morgan fingerprint density at radius 3 is 2.64 bits per heavy atom. The SMILES string of the molecule is c1cc2c(cc1N1CCCC1)COC2. The van der Waals surface area contributed by atoms with Gasteiger partial charge in [0.25, 0.3) is 0 Å². The first-order chi connectivity index (χ1) is 6.93. The summed E-state index contributed by atoms with van der Waals surface area (Å²) in [5.41, 5.74) is 4.13. The molecule has 0 aliphatic carbocycles. The van der Waals surface area contributed by atoms with Gasteiger partial charge in [0.2, 0.25) is 0 Å². The van der Waals surface area contributed by atoms with Crippen LogP contribution in [0.25, 0.3) is 0 Å². The van der Waals surface area contributed by atoms with E-state index in [1.54, 1.807) is 0 Å². The highest BCUT2D eigenvalue weighted by Crippen LogP contribution is 2.27. The van der Waals surface area contributed by atoms with Crippen LogP contribution in [0.2, 0.25) is 0 Å². The van der Waals surface area contributed by atoms with Gasteiger partial charge in [-0.2, -0.15) is 0 Å². The van der Waals surface area contributed by atoms with E-state index in [2.05, 4.69) is 23.1 Å². The third kappa shape index (κ3) is 1.30. The third-order valence-corrected chi connectivity index (χ3v) is 3.18.